The van der Waals surface area contributed by atoms with E-state index in [1.807, 2.05) is 27.7 Å². The van der Waals surface area contributed by atoms with Crippen molar-refractivity contribution in [3.8, 4) is 0 Å². The minimum Gasteiger partial charge on any atom is -0.480 e. The molecule has 0 radical (unpaired) electrons. The summed E-state index contributed by atoms with van der Waals surface area (Å²) in [5.74, 6) is -3.19. The topological polar surface area (TPSA) is 177 Å². The van der Waals surface area contributed by atoms with Crippen LogP contribution >= 0.6 is 0 Å². The van der Waals surface area contributed by atoms with E-state index in [4.69, 9.17) is 11.5 Å². The maximum atomic E-state index is 13.1. The molecule has 10 nitrogen and oxygen atoms in total. The first-order chi connectivity index (χ1) is 15.4. The second-order valence-electron chi connectivity index (χ2n) is 9.20. The average molecular weight is 472 g/mol. The molecular formula is C23H45N5O5. The second kappa shape index (κ2) is 15.6. The van der Waals surface area contributed by atoms with Gasteiger partial charge in [-0.15, -0.1) is 0 Å². The Morgan fingerprint density at radius 3 is 1.76 bits per heavy atom. The Bertz CT molecular complexity index is 643. The largest absolute Gasteiger partial charge is 0.480 e. The summed E-state index contributed by atoms with van der Waals surface area (Å²) in [6.45, 7) is 11.5. The summed E-state index contributed by atoms with van der Waals surface area (Å²) in [5, 5.41) is 17.4. The van der Waals surface area contributed by atoms with Crippen molar-refractivity contribution in [3.63, 3.8) is 0 Å². The Morgan fingerprint density at radius 1 is 0.788 bits per heavy atom. The van der Waals surface area contributed by atoms with Gasteiger partial charge in [-0.2, -0.15) is 0 Å². The molecule has 0 aliphatic carbocycles. The summed E-state index contributed by atoms with van der Waals surface area (Å²) in [4.78, 5) is 50.1. The molecule has 0 rings (SSSR count). The predicted molar refractivity (Wildman–Crippen MR) is 128 cm³/mol. The molecule has 0 spiro atoms. The van der Waals surface area contributed by atoms with Gasteiger partial charge < -0.3 is 32.5 Å². The van der Waals surface area contributed by atoms with Gasteiger partial charge in [-0.1, -0.05) is 54.4 Å². The summed E-state index contributed by atoms with van der Waals surface area (Å²) in [7, 11) is 0. The predicted octanol–water partition coefficient (Wildman–Crippen LogP) is 0.730. The highest BCUT2D eigenvalue weighted by Crippen LogP contribution is 2.13. The van der Waals surface area contributed by atoms with Gasteiger partial charge in [-0.3, -0.25) is 14.4 Å². The van der Waals surface area contributed by atoms with E-state index in [9.17, 15) is 24.3 Å². The smallest absolute Gasteiger partial charge is 0.326 e. The molecule has 0 aromatic heterocycles. The Kier molecular flexibility index (Phi) is 14.6. The van der Waals surface area contributed by atoms with E-state index in [0.717, 1.165) is 6.42 Å². The van der Waals surface area contributed by atoms with E-state index in [0.29, 0.717) is 25.8 Å². The van der Waals surface area contributed by atoms with Crippen molar-refractivity contribution in [1.82, 2.24) is 16.0 Å². The van der Waals surface area contributed by atoms with Crippen LogP contribution < -0.4 is 27.4 Å². The van der Waals surface area contributed by atoms with Gasteiger partial charge in [-0.05, 0) is 43.6 Å². The molecule has 6 unspecified atom stereocenters. The summed E-state index contributed by atoms with van der Waals surface area (Å²) in [6.07, 6.45) is 2.80. The molecule has 192 valence electrons. The van der Waals surface area contributed by atoms with Crippen LogP contribution in [0.15, 0.2) is 0 Å². The van der Waals surface area contributed by atoms with Gasteiger partial charge in [-0.25, -0.2) is 4.79 Å². The van der Waals surface area contributed by atoms with Crippen molar-refractivity contribution in [2.75, 3.05) is 6.54 Å². The molecule has 0 aliphatic rings. The van der Waals surface area contributed by atoms with Crippen molar-refractivity contribution in [2.24, 2.45) is 29.2 Å². The minimum atomic E-state index is -1.14. The van der Waals surface area contributed by atoms with Gasteiger partial charge >= 0.3 is 5.97 Å². The van der Waals surface area contributed by atoms with Gasteiger partial charge in [0.05, 0.1) is 6.04 Å². The number of carbonyl (C=O) groups excluding carboxylic acids is 3. The summed E-state index contributed by atoms with van der Waals surface area (Å²) in [6, 6.07) is -3.64. The molecule has 0 heterocycles. The van der Waals surface area contributed by atoms with Crippen LogP contribution in [0.2, 0.25) is 0 Å². The normalized spacial score (nSPS) is 16.8. The first-order valence-corrected chi connectivity index (χ1v) is 12.0. The fourth-order valence-corrected chi connectivity index (χ4v) is 3.25. The lowest BCUT2D eigenvalue weighted by Gasteiger charge is -2.30. The van der Waals surface area contributed by atoms with Crippen molar-refractivity contribution in [3.05, 3.63) is 0 Å². The summed E-state index contributed by atoms with van der Waals surface area (Å²) in [5.41, 5.74) is 11.5. The number of rotatable bonds is 16. The maximum Gasteiger partial charge on any atom is 0.326 e. The van der Waals surface area contributed by atoms with Crippen LogP contribution in [0.1, 0.15) is 73.6 Å². The number of aliphatic carboxylic acids is 1. The molecule has 3 amide bonds. The third-order valence-electron chi connectivity index (χ3n) is 6.16. The molecule has 0 aliphatic heterocycles. The standard InChI is InChI=1S/C23H45N5O5/c1-7-14(5)17(25)20(29)28-19(15(6)8-2)22(31)27-18(13(3)4)21(30)26-16(23(32)33)11-9-10-12-24/h13-19H,7-12,24-25H2,1-6H3,(H,26,30)(H,27,31)(H,28,29)(H,32,33). The number of hydrogen-bond donors (Lipinski definition) is 6. The van der Waals surface area contributed by atoms with E-state index >= 15 is 0 Å². The fourth-order valence-electron chi connectivity index (χ4n) is 3.25. The van der Waals surface area contributed by atoms with Crippen LogP contribution in [0.25, 0.3) is 0 Å². The van der Waals surface area contributed by atoms with E-state index in [1.165, 1.54) is 0 Å². The van der Waals surface area contributed by atoms with E-state index < -0.39 is 47.9 Å². The van der Waals surface area contributed by atoms with Gasteiger partial charge in [0.15, 0.2) is 0 Å². The fraction of sp³-hybridized carbons (Fsp3) is 0.826. The third-order valence-corrected chi connectivity index (χ3v) is 6.16. The second-order valence-corrected chi connectivity index (χ2v) is 9.20. The average Bonchev–Trinajstić information content (AvgIpc) is 2.77. The SMILES string of the molecule is CCC(C)C(N)C(=O)NC(C(=O)NC(C(=O)NC(CCCCN)C(=O)O)C(C)C)C(C)CC. The van der Waals surface area contributed by atoms with Gasteiger partial charge in [0.25, 0.3) is 0 Å². The highest BCUT2D eigenvalue weighted by atomic mass is 16.4. The molecule has 0 fully saturated rings. The molecule has 8 N–H and O–H groups in total. The number of nitrogens with one attached hydrogen (secondary N) is 3. The first-order valence-electron chi connectivity index (χ1n) is 12.0. The Hall–Kier alpha value is -2.20. The molecular weight excluding hydrogens is 426 g/mol. The third kappa shape index (κ3) is 10.5. The maximum absolute atomic E-state index is 13.1. The molecule has 0 bridgehead atoms. The lowest BCUT2D eigenvalue weighted by molar-refractivity contribution is -0.143. The zero-order chi connectivity index (χ0) is 25.7. The van der Waals surface area contributed by atoms with Crippen LogP contribution in [-0.2, 0) is 19.2 Å². The van der Waals surface area contributed by atoms with Gasteiger partial charge in [0, 0.05) is 0 Å². The molecule has 0 aromatic rings. The Balaban J connectivity index is 5.45. The lowest BCUT2D eigenvalue weighted by Crippen LogP contribution is -2.60. The molecule has 6 atom stereocenters. The number of carboxylic acid groups (broad SMARTS) is 1. The number of unbranched alkanes of at least 4 members (excludes halogenated alkanes) is 1. The van der Waals surface area contributed by atoms with Gasteiger partial charge in [0.2, 0.25) is 17.7 Å². The van der Waals surface area contributed by atoms with Crippen molar-refractivity contribution < 1.29 is 24.3 Å². The van der Waals surface area contributed by atoms with E-state index in [2.05, 4.69) is 16.0 Å². The van der Waals surface area contributed by atoms with Crippen LogP contribution in [0.3, 0.4) is 0 Å². The molecule has 0 saturated heterocycles. The summed E-state index contributed by atoms with van der Waals surface area (Å²) < 4.78 is 0. The number of carbonyl (C=O) groups is 4. The number of carboxylic acids is 1. The van der Waals surface area contributed by atoms with Crippen LogP contribution in [0.5, 0.6) is 0 Å². The van der Waals surface area contributed by atoms with Gasteiger partial charge in [0.1, 0.15) is 18.1 Å². The van der Waals surface area contributed by atoms with Crippen LogP contribution in [0.4, 0.5) is 0 Å². The number of nitrogens with two attached hydrogens (primary N) is 2. The van der Waals surface area contributed by atoms with Crippen LogP contribution in [0, 0.1) is 17.8 Å². The quantitative estimate of drug-likeness (QED) is 0.180. The monoisotopic (exact) mass is 471 g/mol. The Morgan fingerprint density at radius 2 is 1.30 bits per heavy atom. The van der Waals surface area contributed by atoms with Crippen molar-refractivity contribution >= 4 is 23.7 Å². The van der Waals surface area contributed by atoms with Crippen LogP contribution in [-0.4, -0.2) is 59.5 Å². The summed E-state index contributed by atoms with van der Waals surface area (Å²) >= 11 is 0. The highest BCUT2D eigenvalue weighted by molar-refractivity contribution is 5.94. The highest BCUT2D eigenvalue weighted by Gasteiger charge is 2.34. The molecule has 0 aromatic carbocycles. The minimum absolute atomic E-state index is 0.0490. The lowest BCUT2D eigenvalue weighted by atomic mass is 9.94. The number of hydrogen-bond acceptors (Lipinski definition) is 6. The molecule has 0 saturated carbocycles. The Labute approximate surface area is 198 Å². The van der Waals surface area contributed by atoms with E-state index in [-0.39, 0.29) is 24.2 Å². The van der Waals surface area contributed by atoms with E-state index in [1.54, 1.807) is 13.8 Å². The number of amides is 3. The van der Waals surface area contributed by atoms with Crippen molar-refractivity contribution in [2.45, 2.75) is 97.8 Å². The zero-order valence-corrected chi connectivity index (χ0v) is 21.0. The zero-order valence-electron chi connectivity index (χ0n) is 21.0. The molecule has 33 heavy (non-hydrogen) atoms. The first kappa shape index (κ1) is 30.8. The molecule has 10 heteroatoms. The van der Waals surface area contributed by atoms with Crippen molar-refractivity contribution in [1.29, 1.82) is 0 Å².